The van der Waals surface area contributed by atoms with Crippen molar-refractivity contribution in [2.24, 2.45) is 0 Å². The molecule has 0 atom stereocenters. The molecule has 0 fully saturated rings. The van der Waals surface area contributed by atoms with Crippen LogP contribution in [0.15, 0.2) is 0 Å². The van der Waals surface area contributed by atoms with Crippen LogP contribution in [0.25, 0.3) is 11.0 Å². The smallest absolute Gasteiger partial charge is 0.114 e. The molecule has 0 bridgehead atoms. The number of aromatic amines is 1. The van der Waals surface area contributed by atoms with Gasteiger partial charge in [0.1, 0.15) is 11.3 Å². The van der Waals surface area contributed by atoms with Gasteiger partial charge in [0, 0.05) is 0 Å². The Balaban J connectivity index is 3.01. The molecule has 4 heteroatoms. The highest BCUT2D eigenvalue weighted by atomic mass is 14.9. The van der Waals surface area contributed by atoms with Crippen molar-refractivity contribution in [1.29, 1.82) is 0 Å². The fraction of sp³-hybridized carbons (Fsp3) is 0.300. The minimum atomic E-state index is 0.719. The van der Waals surface area contributed by atoms with Gasteiger partial charge in [-0.1, -0.05) is 0 Å². The molecular formula is C10H14N4. The molecule has 0 unspecified atom stereocenters. The minimum absolute atomic E-state index is 0.719. The van der Waals surface area contributed by atoms with Crippen molar-refractivity contribution in [2.75, 3.05) is 11.5 Å². The number of nitrogen functional groups attached to an aromatic ring is 2. The predicted molar refractivity (Wildman–Crippen MR) is 59.1 cm³/mol. The van der Waals surface area contributed by atoms with Crippen molar-refractivity contribution in [2.45, 2.75) is 20.8 Å². The average molecular weight is 190 g/mol. The summed E-state index contributed by atoms with van der Waals surface area (Å²) in [5.74, 6) is 0.836. The van der Waals surface area contributed by atoms with E-state index in [2.05, 4.69) is 9.97 Å². The first-order valence-corrected chi connectivity index (χ1v) is 4.52. The number of nitrogens with zero attached hydrogens (tertiary/aromatic N) is 1. The predicted octanol–water partition coefficient (Wildman–Crippen LogP) is 1.65. The maximum absolute atomic E-state index is 5.97. The van der Waals surface area contributed by atoms with Gasteiger partial charge >= 0.3 is 0 Å². The number of rotatable bonds is 0. The Morgan fingerprint density at radius 1 is 1.00 bits per heavy atom. The van der Waals surface area contributed by atoms with Crippen molar-refractivity contribution in [3.05, 3.63) is 17.0 Å². The summed E-state index contributed by atoms with van der Waals surface area (Å²) >= 11 is 0. The summed E-state index contributed by atoms with van der Waals surface area (Å²) in [5, 5.41) is 0. The molecule has 0 aliphatic rings. The lowest BCUT2D eigenvalue weighted by Gasteiger charge is -2.08. The molecule has 0 saturated carbocycles. The fourth-order valence-electron chi connectivity index (χ4n) is 1.65. The Morgan fingerprint density at radius 2 is 1.57 bits per heavy atom. The van der Waals surface area contributed by atoms with Crippen molar-refractivity contribution in [3.63, 3.8) is 0 Å². The Labute approximate surface area is 82.3 Å². The highest BCUT2D eigenvalue weighted by Gasteiger charge is 2.12. The number of benzene rings is 1. The van der Waals surface area contributed by atoms with Crippen LogP contribution in [0, 0.1) is 20.8 Å². The third kappa shape index (κ3) is 0.968. The number of nitrogens with two attached hydrogens (primary N) is 2. The Hall–Kier alpha value is -1.71. The van der Waals surface area contributed by atoms with Gasteiger partial charge in [-0.3, -0.25) is 0 Å². The lowest BCUT2D eigenvalue weighted by molar-refractivity contribution is 1.17. The van der Waals surface area contributed by atoms with E-state index in [0.29, 0.717) is 0 Å². The van der Waals surface area contributed by atoms with Gasteiger partial charge in [0.2, 0.25) is 0 Å². The zero-order valence-electron chi connectivity index (χ0n) is 8.60. The van der Waals surface area contributed by atoms with Gasteiger partial charge in [-0.25, -0.2) is 4.98 Å². The summed E-state index contributed by atoms with van der Waals surface area (Å²) in [5.41, 5.74) is 17.1. The van der Waals surface area contributed by atoms with Crippen LogP contribution in [0.3, 0.4) is 0 Å². The monoisotopic (exact) mass is 190 g/mol. The summed E-state index contributed by atoms with van der Waals surface area (Å²) in [6.07, 6.45) is 0. The van der Waals surface area contributed by atoms with Crippen LogP contribution in [0.4, 0.5) is 11.4 Å². The molecule has 0 aliphatic carbocycles. The van der Waals surface area contributed by atoms with Crippen LogP contribution >= 0.6 is 0 Å². The molecule has 4 nitrogen and oxygen atoms in total. The zero-order valence-corrected chi connectivity index (χ0v) is 8.60. The highest BCUT2D eigenvalue weighted by Crippen LogP contribution is 2.31. The highest BCUT2D eigenvalue weighted by molar-refractivity contribution is 5.98. The van der Waals surface area contributed by atoms with Crippen LogP contribution in [0.5, 0.6) is 0 Å². The second-order valence-electron chi connectivity index (χ2n) is 3.62. The van der Waals surface area contributed by atoms with Crippen molar-refractivity contribution in [1.82, 2.24) is 9.97 Å². The molecule has 14 heavy (non-hydrogen) atoms. The van der Waals surface area contributed by atoms with Crippen molar-refractivity contribution in [3.8, 4) is 0 Å². The molecule has 2 aromatic rings. The quantitative estimate of drug-likeness (QED) is 0.552. The average Bonchev–Trinajstić information content (AvgIpc) is 2.54. The van der Waals surface area contributed by atoms with E-state index in [0.717, 1.165) is 39.4 Å². The van der Waals surface area contributed by atoms with E-state index in [-0.39, 0.29) is 0 Å². The maximum Gasteiger partial charge on any atom is 0.114 e. The van der Waals surface area contributed by atoms with Crippen LogP contribution in [-0.4, -0.2) is 9.97 Å². The number of hydrogen-bond acceptors (Lipinski definition) is 3. The molecule has 2 rings (SSSR count). The van der Waals surface area contributed by atoms with Crippen LogP contribution in [0.1, 0.15) is 17.0 Å². The second-order valence-corrected chi connectivity index (χ2v) is 3.62. The standard InChI is InChI=1S/C10H14N4/c1-4-5(2)8(12)10-9(7(4)11)13-6(3)14-10/h11-12H2,1-3H3,(H,13,14). The van der Waals surface area contributed by atoms with Crippen LogP contribution in [-0.2, 0) is 0 Å². The number of hydrogen-bond donors (Lipinski definition) is 3. The minimum Gasteiger partial charge on any atom is -0.397 e. The lowest BCUT2D eigenvalue weighted by Crippen LogP contribution is -1.99. The van der Waals surface area contributed by atoms with Gasteiger partial charge in [0.15, 0.2) is 0 Å². The van der Waals surface area contributed by atoms with Gasteiger partial charge in [-0.2, -0.15) is 0 Å². The van der Waals surface area contributed by atoms with Crippen LogP contribution < -0.4 is 11.5 Å². The van der Waals surface area contributed by atoms with Gasteiger partial charge in [-0.05, 0) is 31.9 Å². The molecule has 1 aromatic heterocycles. The fourth-order valence-corrected chi connectivity index (χ4v) is 1.65. The van der Waals surface area contributed by atoms with E-state index in [1.54, 1.807) is 0 Å². The van der Waals surface area contributed by atoms with Gasteiger partial charge in [0.05, 0.1) is 16.9 Å². The number of aryl methyl sites for hydroxylation is 1. The zero-order chi connectivity index (χ0) is 10.5. The summed E-state index contributed by atoms with van der Waals surface area (Å²) in [7, 11) is 0. The maximum atomic E-state index is 5.97. The number of anilines is 2. The van der Waals surface area contributed by atoms with E-state index in [4.69, 9.17) is 11.5 Å². The second kappa shape index (κ2) is 2.64. The first kappa shape index (κ1) is 8.87. The summed E-state index contributed by atoms with van der Waals surface area (Å²) in [4.78, 5) is 7.43. The number of imidazole rings is 1. The molecule has 1 aromatic carbocycles. The largest absolute Gasteiger partial charge is 0.397 e. The summed E-state index contributed by atoms with van der Waals surface area (Å²) < 4.78 is 0. The first-order valence-electron chi connectivity index (χ1n) is 4.52. The van der Waals surface area contributed by atoms with E-state index < -0.39 is 0 Å². The van der Waals surface area contributed by atoms with E-state index >= 15 is 0 Å². The molecule has 0 saturated heterocycles. The van der Waals surface area contributed by atoms with Gasteiger partial charge < -0.3 is 16.5 Å². The third-order valence-electron chi connectivity index (χ3n) is 2.72. The molecule has 74 valence electrons. The van der Waals surface area contributed by atoms with Crippen molar-refractivity contribution >= 4 is 22.4 Å². The normalized spacial score (nSPS) is 11.1. The summed E-state index contributed by atoms with van der Waals surface area (Å²) in [6.45, 7) is 5.82. The molecule has 1 heterocycles. The molecule has 5 N–H and O–H groups in total. The van der Waals surface area contributed by atoms with Crippen LogP contribution in [0.2, 0.25) is 0 Å². The molecule has 0 radical (unpaired) electrons. The molecular weight excluding hydrogens is 176 g/mol. The summed E-state index contributed by atoms with van der Waals surface area (Å²) in [6, 6.07) is 0. The topological polar surface area (TPSA) is 80.7 Å². The van der Waals surface area contributed by atoms with E-state index in [9.17, 15) is 0 Å². The van der Waals surface area contributed by atoms with Gasteiger partial charge in [0.25, 0.3) is 0 Å². The Bertz CT molecular complexity index is 466. The Morgan fingerprint density at radius 3 is 2.21 bits per heavy atom. The number of aromatic nitrogens is 2. The number of nitrogens with one attached hydrogen (secondary N) is 1. The molecule has 0 aliphatic heterocycles. The van der Waals surface area contributed by atoms with E-state index in [1.807, 2.05) is 20.8 Å². The third-order valence-corrected chi connectivity index (χ3v) is 2.72. The Kier molecular flexibility index (Phi) is 1.67. The molecule has 0 amide bonds. The van der Waals surface area contributed by atoms with Crippen molar-refractivity contribution < 1.29 is 0 Å². The number of fused-ring (bicyclic) bond motifs is 1. The number of H-pyrrole nitrogens is 1. The van der Waals surface area contributed by atoms with E-state index in [1.165, 1.54) is 0 Å². The SMILES string of the molecule is Cc1nc2c(N)c(C)c(C)c(N)c2[nH]1. The van der Waals surface area contributed by atoms with Gasteiger partial charge in [-0.15, -0.1) is 0 Å². The lowest BCUT2D eigenvalue weighted by atomic mass is 10.0. The first-order chi connectivity index (χ1) is 6.52. The molecule has 0 spiro atoms.